The lowest BCUT2D eigenvalue weighted by Crippen LogP contribution is -2.13. The van der Waals surface area contributed by atoms with Crippen LogP contribution in [-0.4, -0.2) is 27.8 Å². The van der Waals surface area contributed by atoms with Gasteiger partial charge in [0, 0.05) is 5.56 Å². The summed E-state index contributed by atoms with van der Waals surface area (Å²) in [7, 11) is 1.60. The third-order valence-corrected chi connectivity index (χ3v) is 3.45. The Morgan fingerprint density at radius 2 is 1.74 bits per heavy atom. The fourth-order valence-corrected chi connectivity index (χ4v) is 2.21. The first-order valence-corrected chi connectivity index (χ1v) is 7.07. The van der Waals surface area contributed by atoms with Crippen LogP contribution in [0.2, 0.25) is 0 Å². The van der Waals surface area contributed by atoms with Crippen molar-refractivity contribution in [3.63, 3.8) is 0 Å². The lowest BCUT2D eigenvalue weighted by Gasteiger charge is -2.07. The first kappa shape index (κ1) is 14.8. The SMILES string of the molecule is COc1ccc(-n2nc(C(N)=O)nc2-c2ccc(C)cc2)cc1. The van der Waals surface area contributed by atoms with E-state index >= 15 is 0 Å². The number of carbonyl (C=O) groups is 1. The number of amides is 1. The molecule has 1 heterocycles. The highest BCUT2D eigenvalue weighted by Crippen LogP contribution is 2.23. The minimum absolute atomic E-state index is 0.0172. The van der Waals surface area contributed by atoms with E-state index in [-0.39, 0.29) is 5.82 Å². The van der Waals surface area contributed by atoms with Crippen molar-refractivity contribution in [1.82, 2.24) is 14.8 Å². The molecule has 0 saturated heterocycles. The highest BCUT2D eigenvalue weighted by molar-refractivity contribution is 5.89. The summed E-state index contributed by atoms with van der Waals surface area (Å²) in [6.07, 6.45) is 0. The number of hydrogen-bond acceptors (Lipinski definition) is 4. The van der Waals surface area contributed by atoms with Gasteiger partial charge in [-0.2, -0.15) is 0 Å². The molecule has 0 bridgehead atoms. The van der Waals surface area contributed by atoms with Gasteiger partial charge >= 0.3 is 0 Å². The Balaban J connectivity index is 2.13. The molecule has 3 rings (SSSR count). The average Bonchev–Trinajstić information content (AvgIpc) is 3.01. The molecule has 0 radical (unpaired) electrons. The van der Waals surface area contributed by atoms with Gasteiger partial charge in [-0.3, -0.25) is 4.79 Å². The summed E-state index contributed by atoms with van der Waals surface area (Å²) < 4.78 is 6.76. The van der Waals surface area contributed by atoms with Crippen LogP contribution in [0, 0.1) is 6.92 Å². The number of rotatable bonds is 4. The number of benzene rings is 2. The number of aryl methyl sites for hydroxylation is 1. The van der Waals surface area contributed by atoms with Crippen LogP contribution < -0.4 is 10.5 Å². The maximum absolute atomic E-state index is 11.4. The van der Waals surface area contributed by atoms with Crippen LogP contribution >= 0.6 is 0 Å². The molecule has 6 nitrogen and oxygen atoms in total. The predicted molar refractivity (Wildman–Crippen MR) is 86.6 cm³/mol. The van der Waals surface area contributed by atoms with E-state index in [1.165, 1.54) is 0 Å². The zero-order valence-corrected chi connectivity index (χ0v) is 12.9. The largest absolute Gasteiger partial charge is 0.497 e. The molecule has 0 spiro atoms. The zero-order valence-electron chi connectivity index (χ0n) is 12.9. The van der Waals surface area contributed by atoms with Crippen LogP contribution in [0.15, 0.2) is 48.5 Å². The monoisotopic (exact) mass is 308 g/mol. The highest BCUT2D eigenvalue weighted by Gasteiger charge is 2.16. The molecule has 6 heteroatoms. The van der Waals surface area contributed by atoms with Gasteiger partial charge in [-0.1, -0.05) is 29.8 Å². The molecule has 2 N–H and O–H groups in total. The van der Waals surface area contributed by atoms with Crippen molar-refractivity contribution >= 4 is 5.91 Å². The molecule has 23 heavy (non-hydrogen) atoms. The smallest absolute Gasteiger partial charge is 0.288 e. The van der Waals surface area contributed by atoms with Gasteiger partial charge in [0.2, 0.25) is 5.82 Å². The van der Waals surface area contributed by atoms with Gasteiger partial charge in [0.1, 0.15) is 5.75 Å². The van der Waals surface area contributed by atoms with E-state index in [2.05, 4.69) is 10.1 Å². The molecule has 116 valence electrons. The van der Waals surface area contributed by atoms with E-state index in [0.717, 1.165) is 22.6 Å². The van der Waals surface area contributed by atoms with Gasteiger partial charge < -0.3 is 10.5 Å². The normalized spacial score (nSPS) is 10.5. The molecule has 0 unspecified atom stereocenters. The van der Waals surface area contributed by atoms with Gasteiger partial charge in [0.05, 0.1) is 12.8 Å². The van der Waals surface area contributed by atoms with Crippen molar-refractivity contribution in [2.75, 3.05) is 7.11 Å². The molecule has 0 aliphatic heterocycles. The Morgan fingerprint density at radius 3 is 2.30 bits per heavy atom. The van der Waals surface area contributed by atoms with Crippen LogP contribution in [0.4, 0.5) is 0 Å². The molecule has 0 aliphatic rings. The maximum atomic E-state index is 11.4. The first-order valence-electron chi connectivity index (χ1n) is 7.07. The van der Waals surface area contributed by atoms with Gasteiger partial charge in [-0.15, -0.1) is 5.10 Å². The molecule has 0 saturated carbocycles. The van der Waals surface area contributed by atoms with Gasteiger partial charge in [0.15, 0.2) is 5.82 Å². The molecular weight excluding hydrogens is 292 g/mol. The van der Waals surface area contributed by atoms with Crippen molar-refractivity contribution in [3.05, 3.63) is 59.9 Å². The quantitative estimate of drug-likeness (QED) is 0.802. The lowest BCUT2D eigenvalue weighted by atomic mass is 10.1. The second-order valence-corrected chi connectivity index (χ2v) is 5.10. The molecule has 0 atom stereocenters. The van der Waals surface area contributed by atoms with Crippen LogP contribution in [0.1, 0.15) is 16.2 Å². The van der Waals surface area contributed by atoms with Gasteiger partial charge in [-0.05, 0) is 31.2 Å². The van der Waals surface area contributed by atoms with Crippen LogP contribution in [0.5, 0.6) is 5.75 Å². The van der Waals surface area contributed by atoms with Gasteiger partial charge in [-0.25, -0.2) is 9.67 Å². The zero-order chi connectivity index (χ0) is 16.4. The number of nitrogens with two attached hydrogens (primary N) is 1. The Hall–Kier alpha value is -3.15. The minimum atomic E-state index is -0.661. The fraction of sp³-hybridized carbons (Fsp3) is 0.118. The Kier molecular flexibility index (Phi) is 3.80. The molecule has 1 amide bonds. The summed E-state index contributed by atoms with van der Waals surface area (Å²) in [4.78, 5) is 15.7. The van der Waals surface area contributed by atoms with E-state index < -0.39 is 5.91 Å². The first-order chi connectivity index (χ1) is 11.1. The molecule has 0 fully saturated rings. The molecule has 3 aromatic rings. The Labute approximate surface area is 133 Å². The standard InChI is InChI=1S/C17H16N4O2/c1-11-3-5-12(6-4-11)17-19-16(15(18)22)20-21(17)13-7-9-14(23-2)10-8-13/h3-10H,1-2H3,(H2,18,22). The number of nitrogens with zero attached hydrogens (tertiary/aromatic N) is 3. The van der Waals surface area contributed by atoms with Crippen LogP contribution in [-0.2, 0) is 0 Å². The number of aromatic nitrogens is 3. The van der Waals surface area contributed by atoms with Crippen molar-refractivity contribution in [1.29, 1.82) is 0 Å². The third kappa shape index (κ3) is 2.91. The van der Waals surface area contributed by atoms with Crippen LogP contribution in [0.25, 0.3) is 17.1 Å². The summed E-state index contributed by atoms with van der Waals surface area (Å²) in [6, 6.07) is 15.2. The maximum Gasteiger partial charge on any atom is 0.288 e. The summed E-state index contributed by atoms with van der Waals surface area (Å²) in [5, 5.41) is 4.22. The highest BCUT2D eigenvalue weighted by atomic mass is 16.5. The minimum Gasteiger partial charge on any atom is -0.497 e. The number of primary amides is 1. The van der Waals surface area contributed by atoms with E-state index in [1.807, 2.05) is 55.5 Å². The number of ether oxygens (including phenoxy) is 1. The number of methoxy groups -OCH3 is 1. The van der Waals surface area contributed by atoms with Gasteiger partial charge in [0.25, 0.3) is 5.91 Å². The second kappa shape index (κ2) is 5.92. The summed E-state index contributed by atoms with van der Waals surface area (Å²) in [6.45, 7) is 2.01. The summed E-state index contributed by atoms with van der Waals surface area (Å²) in [5.74, 6) is 0.617. The Morgan fingerprint density at radius 1 is 1.09 bits per heavy atom. The lowest BCUT2D eigenvalue weighted by molar-refractivity contribution is 0.0990. The Bertz CT molecular complexity index is 836. The second-order valence-electron chi connectivity index (χ2n) is 5.10. The predicted octanol–water partition coefficient (Wildman–Crippen LogP) is 2.35. The molecular formula is C17H16N4O2. The average molecular weight is 308 g/mol. The van der Waals surface area contributed by atoms with Crippen LogP contribution in [0.3, 0.4) is 0 Å². The molecule has 0 aliphatic carbocycles. The number of hydrogen-bond donors (Lipinski definition) is 1. The van der Waals surface area contributed by atoms with E-state index in [9.17, 15) is 4.79 Å². The number of carbonyl (C=O) groups excluding carboxylic acids is 1. The summed E-state index contributed by atoms with van der Waals surface area (Å²) >= 11 is 0. The molecule has 1 aromatic heterocycles. The summed E-state index contributed by atoms with van der Waals surface area (Å²) in [5.41, 5.74) is 8.08. The van der Waals surface area contributed by atoms with E-state index in [0.29, 0.717) is 5.82 Å². The molecule has 2 aromatic carbocycles. The van der Waals surface area contributed by atoms with E-state index in [4.69, 9.17) is 10.5 Å². The van der Waals surface area contributed by atoms with E-state index in [1.54, 1.807) is 11.8 Å². The van der Waals surface area contributed by atoms with Crippen molar-refractivity contribution in [3.8, 4) is 22.8 Å². The third-order valence-electron chi connectivity index (χ3n) is 3.45. The van der Waals surface area contributed by atoms with Crippen molar-refractivity contribution in [2.24, 2.45) is 5.73 Å². The topological polar surface area (TPSA) is 83.0 Å². The van der Waals surface area contributed by atoms with Crippen molar-refractivity contribution in [2.45, 2.75) is 6.92 Å². The van der Waals surface area contributed by atoms with Crippen molar-refractivity contribution < 1.29 is 9.53 Å². The fourth-order valence-electron chi connectivity index (χ4n) is 2.21.